The van der Waals surface area contributed by atoms with Crippen molar-refractivity contribution in [3.05, 3.63) is 68.5 Å². The molecule has 0 unspecified atom stereocenters. The summed E-state index contributed by atoms with van der Waals surface area (Å²) in [6.45, 7) is -0.128. The van der Waals surface area contributed by atoms with E-state index in [-0.39, 0.29) is 5.56 Å². The molecule has 0 saturated heterocycles. The topological polar surface area (TPSA) is 112 Å². The van der Waals surface area contributed by atoms with E-state index in [0.29, 0.717) is 6.54 Å². The zero-order valence-electron chi connectivity index (χ0n) is 12.4. The van der Waals surface area contributed by atoms with Gasteiger partial charge in [-0.15, -0.1) is 0 Å². The molecule has 1 amide bonds. The minimum atomic E-state index is -0.982. The molecular weight excluding hydrogens is 302 g/mol. The van der Waals surface area contributed by atoms with Crippen LogP contribution in [0, 0.1) is 0 Å². The van der Waals surface area contributed by atoms with Crippen LogP contribution in [-0.4, -0.2) is 40.4 Å². The van der Waals surface area contributed by atoms with E-state index >= 15 is 0 Å². The second-order valence-corrected chi connectivity index (χ2v) is 4.80. The number of carbonyl (C=O) groups excluding carboxylic acids is 2. The van der Waals surface area contributed by atoms with Gasteiger partial charge in [-0.1, -0.05) is 30.3 Å². The summed E-state index contributed by atoms with van der Waals surface area (Å²) in [5.74, 6) is -1.40. The Kier molecular flexibility index (Phi) is 5.08. The maximum atomic E-state index is 11.9. The first-order valence-electron chi connectivity index (χ1n) is 6.74. The molecule has 0 spiro atoms. The van der Waals surface area contributed by atoms with E-state index in [1.165, 1.54) is 4.90 Å². The second kappa shape index (κ2) is 7.21. The summed E-state index contributed by atoms with van der Waals surface area (Å²) in [5, 5.41) is 0. The molecule has 0 saturated carbocycles. The van der Waals surface area contributed by atoms with Crippen molar-refractivity contribution >= 4 is 11.9 Å². The molecule has 1 aromatic heterocycles. The van der Waals surface area contributed by atoms with Crippen molar-refractivity contribution < 1.29 is 14.3 Å². The molecule has 8 nitrogen and oxygen atoms in total. The molecular formula is C15H15N3O5. The molecule has 0 aliphatic rings. The predicted octanol–water partition coefficient (Wildman–Crippen LogP) is -0.121. The van der Waals surface area contributed by atoms with Gasteiger partial charge in [-0.05, 0) is 5.56 Å². The van der Waals surface area contributed by atoms with Crippen LogP contribution in [0.4, 0.5) is 0 Å². The van der Waals surface area contributed by atoms with Gasteiger partial charge in [-0.3, -0.25) is 14.6 Å². The van der Waals surface area contributed by atoms with E-state index in [0.717, 1.165) is 11.8 Å². The largest absolute Gasteiger partial charge is 0.452 e. The van der Waals surface area contributed by atoms with Gasteiger partial charge < -0.3 is 14.6 Å². The Hall–Kier alpha value is -3.16. The van der Waals surface area contributed by atoms with Crippen molar-refractivity contribution in [2.45, 2.75) is 6.54 Å². The summed E-state index contributed by atoms with van der Waals surface area (Å²) in [4.78, 5) is 51.4. The predicted molar refractivity (Wildman–Crippen MR) is 80.9 cm³/mol. The summed E-state index contributed by atoms with van der Waals surface area (Å²) in [5.41, 5.74) is -1.04. The Balaban J connectivity index is 1.92. The Bertz CT molecular complexity index is 810. The molecule has 1 heterocycles. The van der Waals surface area contributed by atoms with Crippen molar-refractivity contribution in [3.63, 3.8) is 0 Å². The molecule has 2 rings (SSSR count). The quantitative estimate of drug-likeness (QED) is 0.747. The number of amides is 1. The number of rotatable bonds is 5. The first-order valence-corrected chi connectivity index (χ1v) is 6.74. The molecule has 0 aliphatic heterocycles. The van der Waals surface area contributed by atoms with Gasteiger partial charge in [-0.25, -0.2) is 9.59 Å². The van der Waals surface area contributed by atoms with Crippen molar-refractivity contribution in [1.82, 2.24) is 14.9 Å². The summed E-state index contributed by atoms with van der Waals surface area (Å²) < 4.78 is 4.80. The SMILES string of the molecule is CN(Cc1ccccc1)C(=O)COC(=O)c1c[nH]c(=O)[nH]c1=O. The van der Waals surface area contributed by atoms with E-state index in [2.05, 4.69) is 4.98 Å². The summed E-state index contributed by atoms with van der Waals surface area (Å²) in [6.07, 6.45) is 0.946. The van der Waals surface area contributed by atoms with Crippen LogP contribution in [0.3, 0.4) is 0 Å². The number of hydrogen-bond donors (Lipinski definition) is 2. The monoisotopic (exact) mass is 317 g/mol. The second-order valence-electron chi connectivity index (χ2n) is 4.80. The van der Waals surface area contributed by atoms with Crippen LogP contribution in [0.25, 0.3) is 0 Å². The lowest BCUT2D eigenvalue weighted by molar-refractivity contribution is -0.133. The van der Waals surface area contributed by atoms with Crippen molar-refractivity contribution in [3.8, 4) is 0 Å². The number of ether oxygens (including phenoxy) is 1. The number of hydrogen-bond acceptors (Lipinski definition) is 5. The van der Waals surface area contributed by atoms with Crippen molar-refractivity contribution in [2.75, 3.05) is 13.7 Å². The average molecular weight is 317 g/mol. The molecule has 8 heteroatoms. The van der Waals surface area contributed by atoms with Gasteiger partial charge >= 0.3 is 11.7 Å². The number of nitrogens with zero attached hydrogens (tertiary/aromatic N) is 1. The highest BCUT2D eigenvalue weighted by Crippen LogP contribution is 2.03. The first kappa shape index (κ1) is 16.2. The van der Waals surface area contributed by atoms with Crippen LogP contribution >= 0.6 is 0 Å². The summed E-state index contributed by atoms with van der Waals surface area (Å²) in [7, 11) is 1.58. The lowest BCUT2D eigenvalue weighted by atomic mass is 10.2. The van der Waals surface area contributed by atoms with Crippen LogP contribution in [0.5, 0.6) is 0 Å². The average Bonchev–Trinajstić information content (AvgIpc) is 2.53. The van der Waals surface area contributed by atoms with Crippen molar-refractivity contribution in [2.24, 2.45) is 0 Å². The molecule has 0 atom stereocenters. The van der Waals surface area contributed by atoms with Crippen LogP contribution in [0.1, 0.15) is 15.9 Å². The minimum absolute atomic E-state index is 0.371. The van der Waals surface area contributed by atoms with E-state index < -0.39 is 29.7 Å². The molecule has 2 N–H and O–H groups in total. The number of esters is 1. The fourth-order valence-electron chi connectivity index (χ4n) is 1.82. The third kappa shape index (κ3) is 4.40. The van der Waals surface area contributed by atoms with E-state index in [9.17, 15) is 19.2 Å². The highest BCUT2D eigenvalue weighted by molar-refractivity contribution is 5.90. The van der Waals surface area contributed by atoms with Gasteiger partial charge in [0.05, 0.1) is 0 Å². The number of H-pyrrole nitrogens is 2. The van der Waals surface area contributed by atoms with Gasteiger partial charge in [0.1, 0.15) is 5.56 Å². The number of aromatic nitrogens is 2. The summed E-state index contributed by atoms with van der Waals surface area (Å²) in [6, 6.07) is 9.33. The molecule has 2 aromatic rings. The van der Waals surface area contributed by atoms with Crippen LogP contribution < -0.4 is 11.2 Å². The van der Waals surface area contributed by atoms with Crippen LogP contribution in [0.15, 0.2) is 46.1 Å². The Labute approximate surface area is 130 Å². The van der Waals surface area contributed by atoms with E-state index in [1.807, 2.05) is 35.3 Å². The zero-order valence-corrected chi connectivity index (χ0v) is 12.4. The standard InChI is InChI=1S/C15H15N3O5/c1-18(8-10-5-3-2-4-6-10)12(19)9-23-14(21)11-7-16-15(22)17-13(11)20/h2-7H,8-9H2,1H3,(H2,16,17,20,22). The Morgan fingerprint density at radius 1 is 1.17 bits per heavy atom. The maximum Gasteiger partial charge on any atom is 0.345 e. The summed E-state index contributed by atoms with van der Waals surface area (Å²) >= 11 is 0. The molecule has 0 bridgehead atoms. The highest BCUT2D eigenvalue weighted by atomic mass is 16.5. The molecule has 23 heavy (non-hydrogen) atoms. The van der Waals surface area contributed by atoms with Crippen LogP contribution in [0.2, 0.25) is 0 Å². The highest BCUT2D eigenvalue weighted by Gasteiger charge is 2.16. The van der Waals surface area contributed by atoms with E-state index in [1.54, 1.807) is 7.05 Å². The molecule has 0 radical (unpaired) electrons. The number of carbonyl (C=O) groups is 2. The fourth-order valence-corrected chi connectivity index (χ4v) is 1.82. The third-order valence-electron chi connectivity index (χ3n) is 3.05. The van der Waals surface area contributed by atoms with Gasteiger partial charge in [0.2, 0.25) is 0 Å². The number of nitrogens with one attached hydrogen (secondary N) is 2. The minimum Gasteiger partial charge on any atom is -0.452 e. The maximum absolute atomic E-state index is 11.9. The normalized spacial score (nSPS) is 10.1. The number of likely N-dealkylation sites (N-methyl/N-ethyl adjacent to an activating group) is 1. The van der Waals surface area contributed by atoms with E-state index in [4.69, 9.17) is 4.74 Å². The molecule has 1 aromatic carbocycles. The fraction of sp³-hybridized carbons (Fsp3) is 0.200. The van der Waals surface area contributed by atoms with Crippen LogP contribution in [-0.2, 0) is 16.1 Å². The number of aromatic amines is 2. The van der Waals surface area contributed by atoms with Gasteiger partial charge in [0, 0.05) is 19.8 Å². The molecule has 120 valence electrons. The Morgan fingerprint density at radius 3 is 2.52 bits per heavy atom. The lowest BCUT2D eigenvalue weighted by Crippen LogP contribution is -2.32. The zero-order chi connectivity index (χ0) is 16.8. The Morgan fingerprint density at radius 2 is 1.87 bits per heavy atom. The smallest absolute Gasteiger partial charge is 0.345 e. The lowest BCUT2D eigenvalue weighted by Gasteiger charge is -2.17. The van der Waals surface area contributed by atoms with Crippen molar-refractivity contribution in [1.29, 1.82) is 0 Å². The number of benzene rings is 1. The van der Waals surface area contributed by atoms with Gasteiger partial charge in [0.15, 0.2) is 6.61 Å². The third-order valence-corrected chi connectivity index (χ3v) is 3.05. The van der Waals surface area contributed by atoms with Gasteiger partial charge in [0.25, 0.3) is 11.5 Å². The molecule has 0 fully saturated rings. The van der Waals surface area contributed by atoms with Gasteiger partial charge in [-0.2, -0.15) is 0 Å². The molecule has 0 aliphatic carbocycles. The first-order chi connectivity index (χ1) is 11.0.